The maximum Gasteiger partial charge on any atom is 0.245 e. The van der Waals surface area contributed by atoms with Crippen LogP contribution in [0.15, 0.2) is 54.6 Å². The number of rotatable bonds is 23. The Bertz CT molecular complexity index is 1470. The van der Waals surface area contributed by atoms with Gasteiger partial charge in [-0.05, 0) is 55.3 Å². The van der Waals surface area contributed by atoms with Crippen LogP contribution in [0, 0.1) is 0 Å². The van der Waals surface area contributed by atoms with Crippen LogP contribution in [0.25, 0.3) is 0 Å². The Hall–Kier alpha value is -5.35. The Kier molecular flexibility index (Phi) is 18.4. The highest BCUT2D eigenvalue weighted by Gasteiger charge is 2.31. The van der Waals surface area contributed by atoms with Gasteiger partial charge in [0.05, 0.1) is 13.0 Å². The molecule has 0 saturated carbocycles. The maximum atomic E-state index is 13.4. The second kappa shape index (κ2) is 22.4. The zero-order valence-electron chi connectivity index (χ0n) is 28.8. The van der Waals surface area contributed by atoms with Crippen molar-refractivity contribution in [2.75, 3.05) is 19.7 Å². The number of amides is 7. The van der Waals surface area contributed by atoms with Gasteiger partial charge >= 0.3 is 0 Å². The predicted octanol–water partition coefficient (Wildman–Crippen LogP) is -2.04. The molecule has 0 unspecified atom stereocenters. The Morgan fingerprint density at radius 3 is 1.78 bits per heavy atom. The van der Waals surface area contributed by atoms with Crippen molar-refractivity contribution >= 4 is 41.4 Å². The van der Waals surface area contributed by atoms with Crippen LogP contribution in [0.2, 0.25) is 0 Å². The topological polar surface area (TPSA) is 278 Å². The minimum Gasteiger partial charge on any atom is -0.394 e. The van der Waals surface area contributed by atoms with Crippen LogP contribution >= 0.6 is 0 Å². The number of carbonyl (C=O) groups excluding carboxylic acids is 7. The minimum atomic E-state index is -1.52. The molecule has 16 nitrogen and oxygen atoms in total. The van der Waals surface area contributed by atoms with Crippen molar-refractivity contribution in [1.29, 1.82) is 0 Å². The third-order valence-electron chi connectivity index (χ3n) is 7.80. The Balaban J connectivity index is 2.10. The van der Waals surface area contributed by atoms with Crippen molar-refractivity contribution in [2.45, 2.75) is 82.5 Å². The number of aliphatic hydroxyl groups excluding tert-OH is 1. The molecule has 0 aliphatic heterocycles. The number of primary amides is 2. The van der Waals surface area contributed by atoms with E-state index in [0.717, 1.165) is 16.7 Å². The zero-order valence-corrected chi connectivity index (χ0v) is 28.8. The van der Waals surface area contributed by atoms with E-state index in [4.69, 9.17) is 17.2 Å². The molecule has 0 radical (unpaired) electrons. The van der Waals surface area contributed by atoms with Gasteiger partial charge in [0.15, 0.2) is 0 Å². The molecular formula is C35H50N8O8. The lowest BCUT2D eigenvalue weighted by Crippen LogP contribution is -2.59. The molecule has 7 amide bonds. The summed E-state index contributed by atoms with van der Waals surface area (Å²) in [7, 11) is 0. The standard InChI is InChI=1S/C35H50N8O8/c1-22(45)40-28(19-24-7-3-2-4-8-24)34(50)42-27(14-15-30(37)46)33(49)43-29(21-44)35(51)41-26(9-5-6-17-36)32(48)39-18-16-23-10-12-25(13-11-23)20-31(38)47/h2-4,7-8,10-13,26-29,44H,5-6,9,14-21,36H2,1H3,(H2,37,46)(H2,38,47)(H,39,48)(H,40,45)(H,41,51)(H,42,50)(H,43,49)/t26-,27-,28-,29-/m0/s1. The molecule has 0 saturated heterocycles. The summed E-state index contributed by atoms with van der Waals surface area (Å²) in [6.07, 6.45) is 1.48. The first kappa shape index (κ1) is 41.8. The summed E-state index contributed by atoms with van der Waals surface area (Å²) >= 11 is 0. The fourth-order valence-electron chi connectivity index (χ4n) is 5.11. The number of aliphatic hydroxyl groups is 1. The smallest absolute Gasteiger partial charge is 0.245 e. The van der Waals surface area contributed by atoms with E-state index in [1.807, 2.05) is 12.1 Å². The summed E-state index contributed by atoms with van der Waals surface area (Å²) in [5.74, 6) is -4.63. The first-order valence-electron chi connectivity index (χ1n) is 16.8. The van der Waals surface area contributed by atoms with E-state index in [1.54, 1.807) is 42.5 Å². The van der Waals surface area contributed by atoms with Gasteiger partial charge in [-0.3, -0.25) is 33.6 Å². The highest BCUT2D eigenvalue weighted by molar-refractivity contribution is 5.95. The van der Waals surface area contributed by atoms with Gasteiger partial charge in [-0.25, -0.2) is 0 Å². The summed E-state index contributed by atoms with van der Waals surface area (Å²) in [6, 6.07) is 11.1. The Morgan fingerprint density at radius 1 is 0.647 bits per heavy atom. The minimum absolute atomic E-state index is 0.106. The van der Waals surface area contributed by atoms with Gasteiger partial charge in [-0.1, -0.05) is 54.6 Å². The molecule has 2 aromatic rings. The third kappa shape index (κ3) is 16.3. The van der Waals surface area contributed by atoms with Gasteiger partial charge in [0.1, 0.15) is 24.2 Å². The second-order valence-electron chi connectivity index (χ2n) is 12.1. The highest BCUT2D eigenvalue weighted by atomic mass is 16.3. The molecule has 278 valence electrons. The lowest BCUT2D eigenvalue weighted by Gasteiger charge is -2.26. The van der Waals surface area contributed by atoms with Crippen molar-refractivity contribution in [1.82, 2.24) is 26.6 Å². The molecule has 12 N–H and O–H groups in total. The Morgan fingerprint density at radius 2 is 1.22 bits per heavy atom. The van der Waals surface area contributed by atoms with Crippen molar-refractivity contribution in [3.05, 3.63) is 71.3 Å². The summed E-state index contributed by atoms with van der Waals surface area (Å²) in [5.41, 5.74) is 18.5. The van der Waals surface area contributed by atoms with Gasteiger partial charge in [0, 0.05) is 26.3 Å². The number of benzene rings is 2. The quantitative estimate of drug-likeness (QED) is 0.0574. The fourth-order valence-corrected chi connectivity index (χ4v) is 5.11. The molecule has 16 heteroatoms. The average Bonchev–Trinajstić information content (AvgIpc) is 3.08. The number of unbranched alkanes of at least 4 members (excludes halogenated alkanes) is 1. The Labute approximate surface area is 297 Å². The second-order valence-corrected chi connectivity index (χ2v) is 12.1. The average molecular weight is 711 g/mol. The molecule has 2 aromatic carbocycles. The van der Waals surface area contributed by atoms with Crippen LogP contribution < -0.4 is 43.8 Å². The van der Waals surface area contributed by atoms with E-state index >= 15 is 0 Å². The summed E-state index contributed by atoms with van der Waals surface area (Å²) in [4.78, 5) is 87.7. The molecule has 0 fully saturated rings. The number of hydrogen-bond acceptors (Lipinski definition) is 9. The number of nitrogens with two attached hydrogens (primary N) is 3. The molecule has 0 aliphatic carbocycles. The molecule has 51 heavy (non-hydrogen) atoms. The summed E-state index contributed by atoms with van der Waals surface area (Å²) in [5, 5.41) is 22.9. The first-order chi connectivity index (χ1) is 24.3. The van der Waals surface area contributed by atoms with E-state index in [0.29, 0.717) is 25.8 Å². The van der Waals surface area contributed by atoms with Crippen molar-refractivity contribution < 1.29 is 38.7 Å². The summed E-state index contributed by atoms with van der Waals surface area (Å²) in [6.45, 7) is 1.00. The lowest BCUT2D eigenvalue weighted by molar-refractivity contribution is -0.135. The van der Waals surface area contributed by atoms with E-state index < -0.39 is 72.1 Å². The molecule has 0 aromatic heterocycles. The lowest BCUT2D eigenvalue weighted by atomic mass is 10.0. The predicted molar refractivity (Wildman–Crippen MR) is 188 cm³/mol. The molecule has 4 atom stereocenters. The molecule has 0 bridgehead atoms. The molecule has 0 aliphatic rings. The zero-order chi connectivity index (χ0) is 37.8. The van der Waals surface area contributed by atoms with Crippen LogP contribution in [-0.2, 0) is 52.8 Å². The number of hydrogen-bond donors (Lipinski definition) is 9. The third-order valence-corrected chi connectivity index (χ3v) is 7.80. The largest absolute Gasteiger partial charge is 0.394 e. The molecule has 0 spiro atoms. The maximum absolute atomic E-state index is 13.4. The van der Waals surface area contributed by atoms with Crippen molar-refractivity contribution in [2.24, 2.45) is 17.2 Å². The van der Waals surface area contributed by atoms with Crippen molar-refractivity contribution in [3.8, 4) is 0 Å². The van der Waals surface area contributed by atoms with Crippen LogP contribution in [0.4, 0.5) is 0 Å². The monoisotopic (exact) mass is 710 g/mol. The summed E-state index contributed by atoms with van der Waals surface area (Å²) < 4.78 is 0. The highest BCUT2D eigenvalue weighted by Crippen LogP contribution is 2.08. The van der Waals surface area contributed by atoms with Crippen LogP contribution in [0.3, 0.4) is 0 Å². The van der Waals surface area contributed by atoms with E-state index in [1.165, 1.54) is 6.92 Å². The SMILES string of the molecule is CC(=O)N[C@@H](Cc1ccccc1)C(=O)N[C@@H](CCC(N)=O)C(=O)N[C@@H](CO)C(=O)N[C@@H](CCCCN)C(=O)NCCc1ccc(CC(N)=O)cc1. The van der Waals surface area contributed by atoms with Crippen LogP contribution in [0.1, 0.15) is 55.7 Å². The van der Waals surface area contributed by atoms with Gasteiger partial charge in [0.2, 0.25) is 41.4 Å². The molecule has 0 heterocycles. The van der Waals surface area contributed by atoms with Crippen LogP contribution in [-0.4, -0.2) is 90.3 Å². The van der Waals surface area contributed by atoms with E-state index in [9.17, 15) is 38.7 Å². The molecule has 2 rings (SSSR count). The van der Waals surface area contributed by atoms with E-state index in [-0.39, 0.29) is 38.6 Å². The first-order valence-corrected chi connectivity index (χ1v) is 16.8. The van der Waals surface area contributed by atoms with E-state index in [2.05, 4.69) is 26.6 Å². The van der Waals surface area contributed by atoms with Gasteiger partial charge in [-0.2, -0.15) is 0 Å². The van der Waals surface area contributed by atoms with Crippen molar-refractivity contribution in [3.63, 3.8) is 0 Å². The fraction of sp³-hybridized carbons (Fsp3) is 0.457. The molecular weight excluding hydrogens is 660 g/mol. The van der Waals surface area contributed by atoms with Gasteiger partial charge in [0.25, 0.3) is 0 Å². The van der Waals surface area contributed by atoms with Gasteiger partial charge in [-0.15, -0.1) is 0 Å². The number of nitrogens with one attached hydrogen (secondary N) is 5. The van der Waals surface area contributed by atoms with Gasteiger partial charge < -0.3 is 48.9 Å². The normalized spacial score (nSPS) is 13.1. The van der Waals surface area contributed by atoms with Crippen LogP contribution in [0.5, 0.6) is 0 Å². The number of carbonyl (C=O) groups is 7.